The van der Waals surface area contributed by atoms with Gasteiger partial charge in [-0.15, -0.1) is 0 Å². The lowest BCUT2D eigenvalue weighted by molar-refractivity contribution is -0.143. The van der Waals surface area contributed by atoms with E-state index in [1.165, 1.54) is 7.11 Å². The lowest BCUT2D eigenvalue weighted by Gasteiger charge is -2.30. The standard InChI is InChI=1S/C21H16ClNO3/c1-11-16(21(25)26-2)17(12-7-9-13(22)10-8-12)18-19(23-11)14-5-3-4-6-15(14)20(18)24/h3-10,16-17H,1-2H3/t16?,17-/m1/s1. The van der Waals surface area contributed by atoms with E-state index in [0.29, 0.717) is 27.6 Å². The van der Waals surface area contributed by atoms with Crippen molar-refractivity contribution in [1.29, 1.82) is 0 Å². The Morgan fingerprint density at radius 3 is 2.38 bits per heavy atom. The highest BCUT2D eigenvalue weighted by molar-refractivity contribution is 6.30. The van der Waals surface area contributed by atoms with Crippen molar-refractivity contribution in [3.63, 3.8) is 0 Å². The van der Waals surface area contributed by atoms with Gasteiger partial charge in [0.2, 0.25) is 0 Å². The third-order valence-corrected chi connectivity index (χ3v) is 5.25. The minimum Gasteiger partial charge on any atom is -0.468 e. The van der Waals surface area contributed by atoms with Gasteiger partial charge in [-0.05, 0) is 24.6 Å². The number of ketones is 1. The van der Waals surface area contributed by atoms with Gasteiger partial charge in [-0.2, -0.15) is 0 Å². The number of aliphatic imine (C=N–C) groups is 1. The Morgan fingerprint density at radius 2 is 1.73 bits per heavy atom. The van der Waals surface area contributed by atoms with Gasteiger partial charge in [0.05, 0.1) is 12.8 Å². The number of rotatable bonds is 2. The molecule has 0 aromatic heterocycles. The topological polar surface area (TPSA) is 55.7 Å². The van der Waals surface area contributed by atoms with E-state index in [1.807, 2.05) is 30.3 Å². The molecule has 1 aliphatic heterocycles. The van der Waals surface area contributed by atoms with E-state index in [9.17, 15) is 9.59 Å². The second-order valence-electron chi connectivity index (χ2n) is 6.42. The van der Waals surface area contributed by atoms with Gasteiger partial charge in [-0.25, -0.2) is 0 Å². The number of fused-ring (bicyclic) bond motifs is 2. The first-order chi connectivity index (χ1) is 12.5. The van der Waals surface area contributed by atoms with Gasteiger partial charge in [0, 0.05) is 33.4 Å². The zero-order valence-corrected chi connectivity index (χ0v) is 15.1. The fourth-order valence-electron chi connectivity index (χ4n) is 3.81. The number of halogens is 1. The van der Waals surface area contributed by atoms with Crippen LogP contribution in [-0.2, 0) is 9.53 Å². The van der Waals surface area contributed by atoms with Gasteiger partial charge < -0.3 is 4.74 Å². The van der Waals surface area contributed by atoms with Gasteiger partial charge >= 0.3 is 5.97 Å². The van der Waals surface area contributed by atoms with Crippen LogP contribution >= 0.6 is 11.6 Å². The van der Waals surface area contributed by atoms with Crippen molar-refractivity contribution in [3.05, 3.63) is 75.8 Å². The number of allylic oxidation sites excluding steroid dienone is 1. The van der Waals surface area contributed by atoms with Gasteiger partial charge in [0.1, 0.15) is 5.92 Å². The molecule has 2 aliphatic rings. The Hall–Kier alpha value is -2.72. The summed E-state index contributed by atoms with van der Waals surface area (Å²) in [4.78, 5) is 30.3. The second-order valence-corrected chi connectivity index (χ2v) is 6.86. The summed E-state index contributed by atoms with van der Waals surface area (Å²) in [5.74, 6) is -1.58. The van der Waals surface area contributed by atoms with E-state index in [1.54, 1.807) is 25.1 Å². The SMILES string of the molecule is COC(=O)C1C(C)=NC2=C(C(=O)c3ccccc32)[C@@H]1c1ccc(Cl)cc1. The fraction of sp³-hybridized carbons (Fsp3) is 0.190. The average Bonchev–Trinajstić information content (AvgIpc) is 2.93. The van der Waals surface area contributed by atoms with Crippen molar-refractivity contribution in [2.45, 2.75) is 12.8 Å². The van der Waals surface area contributed by atoms with Crippen LogP contribution in [0.1, 0.15) is 34.3 Å². The second kappa shape index (κ2) is 6.22. The van der Waals surface area contributed by atoms with Crippen LogP contribution in [0.3, 0.4) is 0 Å². The largest absolute Gasteiger partial charge is 0.468 e. The molecule has 0 spiro atoms. The first-order valence-corrected chi connectivity index (χ1v) is 8.67. The quantitative estimate of drug-likeness (QED) is 0.746. The highest BCUT2D eigenvalue weighted by atomic mass is 35.5. The van der Waals surface area contributed by atoms with Gasteiger partial charge in [-0.1, -0.05) is 48.0 Å². The summed E-state index contributed by atoms with van der Waals surface area (Å²) in [7, 11) is 1.35. The normalized spacial score (nSPS) is 21.2. The van der Waals surface area contributed by atoms with Gasteiger partial charge in [0.15, 0.2) is 5.78 Å². The molecule has 0 bridgehead atoms. The summed E-state index contributed by atoms with van der Waals surface area (Å²) >= 11 is 6.02. The molecule has 2 aromatic carbocycles. The molecule has 1 unspecified atom stereocenters. The molecule has 0 amide bonds. The third kappa shape index (κ3) is 2.41. The van der Waals surface area contributed by atoms with E-state index in [-0.39, 0.29) is 5.78 Å². The summed E-state index contributed by atoms with van der Waals surface area (Å²) in [6.45, 7) is 1.81. The van der Waals surface area contributed by atoms with Crippen LogP contribution in [0.25, 0.3) is 5.70 Å². The van der Waals surface area contributed by atoms with Crippen LogP contribution in [0.15, 0.2) is 59.1 Å². The number of Topliss-reactive ketones (excluding diaryl/α,β-unsaturated/α-hetero) is 1. The van der Waals surface area contributed by atoms with Crippen molar-refractivity contribution in [3.8, 4) is 0 Å². The first-order valence-electron chi connectivity index (χ1n) is 8.29. The molecule has 0 saturated carbocycles. The fourth-order valence-corrected chi connectivity index (χ4v) is 3.94. The summed E-state index contributed by atoms with van der Waals surface area (Å²) in [5.41, 5.74) is 4.12. The lowest BCUT2D eigenvalue weighted by atomic mass is 9.75. The number of esters is 1. The molecule has 0 saturated heterocycles. The van der Waals surface area contributed by atoms with Gasteiger partial charge in [-0.3, -0.25) is 14.6 Å². The molecule has 0 fully saturated rings. The maximum atomic E-state index is 13.1. The molecule has 130 valence electrons. The summed E-state index contributed by atoms with van der Waals surface area (Å²) in [6.07, 6.45) is 0. The Labute approximate surface area is 156 Å². The first kappa shape index (κ1) is 16.7. The predicted molar refractivity (Wildman–Crippen MR) is 101 cm³/mol. The van der Waals surface area contributed by atoms with Crippen LogP contribution in [0.4, 0.5) is 0 Å². The number of ether oxygens (including phenoxy) is 1. The zero-order chi connectivity index (χ0) is 18.4. The minimum absolute atomic E-state index is 0.0827. The minimum atomic E-state index is -0.641. The Bertz CT molecular complexity index is 989. The van der Waals surface area contributed by atoms with E-state index in [4.69, 9.17) is 16.3 Å². The molecular formula is C21H16ClNO3. The highest BCUT2D eigenvalue weighted by Gasteiger charge is 2.45. The number of methoxy groups -OCH3 is 1. The molecular weight excluding hydrogens is 350 g/mol. The molecule has 0 N–H and O–H groups in total. The Balaban J connectivity index is 1.95. The van der Waals surface area contributed by atoms with Crippen molar-refractivity contribution in [2.75, 3.05) is 7.11 Å². The van der Waals surface area contributed by atoms with E-state index in [0.717, 1.165) is 11.1 Å². The molecule has 26 heavy (non-hydrogen) atoms. The summed E-state index contributed by atoms with van der Waals surface area (Å²) in [5, 5.41) is 0.597. The number of carbonyl (C=O) groups is 2. The van der Waals surface area contributed by atoms with Crippen LogP contribution in [0, 0.1) is 5.92 Å². The summed E-state index contributed by atoms with van der Waals surface area (Å²) < 4.78 is 5.02. The molecule has 1 aliphatic carbocycles. The number of carbonyl (C=O) groups excluding carboxylic acids is 2. The number of hydrogen-bond donors (Lipinski definition) is 0. The number of nitrogens with zero attached hydrogens (tertiary/aromatic N) is 1. The van der Waals surface area contributed by atoms with E-state index < -0.39 is 17.8 Å². The third-order valence-electron chi connectivity index (χ3n) is 4.99. The smallest absolute Gasteiger partial charge is 0.315 e. The molecule has 0 radical (unpaired) electrons. The monoisotopic (exact) mass is 365 g/mol. The van der Waals surface area contributed by atoms with E-state index >= 15 is 0 Å². The van der Waals surface area contributed by atoms with Crippen molar-refractivity contribution < 1.29 is 14.3 Å². The molecule has 2 aromatic rings. The van der Waals surface area contributed by atoms with Crippen LogP contribution in [0.2, 0.25) is 5.02 Å². The van der Waals surface area contributed by atoms with Crippen molar-refractivity contribution in [1.82, 2.24) is 0 Å². The highest BCUT2D eigenvalue weighted by Crippen LogP contribution is 2.48. The van der Waals surface area contributed by atoms with Crippen molar-refractivity contribution >= 4 is 34.8 Å². The molecule has 4 rings (SSSR count). The maximum absolute atomic E-state index is 13.1. The number of hydrogen-bond acceptors (Lipinski definition) is 4. The van der Waals surface area contributed by atoms with Crippen molar-refractivity contribution in [2.24, 2.45) is 10.9 Å². The van der Waals surface area contributed by atoms with Crippen LogP contribution < -0.4 is 0 Å². The predicted octanol–water partition coefficient (Wildman–Crippen LogP) is 4.29. The maximum Gasteiger partial charge on any atom is 0.315 e. The zero-order valence-electron chi connectivity index (χ0n) is 14.3. The molecule has 4 nitrogen and oxygen atoms in total. The van der Waals surface area contributed by atoms with Crippen LogP contribution in [0.5, 0.6) is 0 Å². The molecule has 5 heteroatoms. The van der Waals surface area contributed by atoms with E-state index in [2.05, 4.69) is 4.99 Å². The number of benzene rings is 2. The average molecular weight is 366 g/mol. The Morgan fingerprint density at radius 1 is 1.08 bits per heavy atom. The molecule has 1 heterocycles. The lowest BCUT2D eigenvalue weighted by Crippen LogP contribution is -2.34. The summed E-state index contributed by atoms with van der Waals surface area (Å²) in [6, 6.07) is 14.6. The Kier molecular flexibility index (Phi) is 4.00. The van der Waals surface area contributed by atoms with Crippen LogP contribution in [-0.4, -0.2) is 24.6 Å². The van der Waals surface area contributed by atoms with Gasteiger partial charge in [0.25, 0.3) is 0 Å². The molecule has 2 atom stereocenters.